The van der Waals surface area contributed by atoms with Crippen LogP contribution in [0, 0.1) is 0 Å². The van der Waals surface area contributed by atoms with Crippen LogP contribution in [0.15, 0.2) is 48.5 Å². The van der Waals surface area contributed by atoms with E-state index in [1.54, 1.807) is 7.11 Å². The van der Waals surface area contributed by atoms with Crippen LogP contribution in [0.4, 0.5) is 5.69 Å². The molecule has 0 bridgehead atoms. The molecule has 0 aliphatic carbocycles. The maximum absolute atomic E-state index is 12.4. The monoisotopic (exact) mass is 396 g/mol. The molecule has 0 aromatic heterocycles. The molecular formula is C24H32N2O3. The van der Waals surface area contributed by atoms with Crippen LogP contribution in [0.3, 0.4) is 0 Å². The minimum Gasteiger partial charge on any atom is -0.497 e. The molecule has 2 aromatic carbocycles. The summed E-state index contributed by atoms with van der Waals surface area (Å²) in [5.74, 6) is 2.04. The molecule has 1 fully saturated rings. The van der Waals surface area contributed by atoms with Crippen LogP contribution in [0.1, 0.15) is 44.6 Å². The Morgan fingerprint density at radius 3 is 2.48 bits per heavy atom. The molecule has 1 aliphatic heterocycles. The van der Waals surface area contributed by atoms with Crippen molar-refractivity contribution in [3.63, 3.8) is 0 Å². The predicted molar refractivity (Wildman–Crippen MR) is 117 cm³/mol. The number of rotatable bonds is 8. The lowest BCUT2D eigenvalue weighted by molar-refractivity contribution is -0.123. The molecule has 1 N–H and O–H groups in total. The van der Waals surface area contributed by atoms with Crippen LogP contribution in [0.2, 0.25) is 0 Å². The smallest absolute Gasteiger partial charge is 0.258 e. The van der Waals surface area contributed by atoms with E-state index >= 15 is 0 Å². The molecule has 0 radical (unpaired) electrons. The number of carbonyl (C=O) groups excluding carboxylic acids is 1. The van der Waals surface area contributed by atoms with E-state index in [-0.39, 0.29) is 18.6 Å². The number of benzene rings is 2. The van der Waals surface area contributed by atoms with Crippen molar-refractivity contribution in [2.45, 2.75) is 45.1 Å². The molecule has 2 aromatic rings. The van der Waals surface area contributed by atoms with Crippen molar-refractivity contribution in [2.75, 3.05) is 31.7 Å². The molecule has 0 spiro atoms. The third-order valence-electron chi connectivity index (χ3n) is 5.72. The van der Waals surface area contributed by atoms with E-state index < -0.39 is 0 Å². The van der Waals surface area contributed by atoms with Gasteiger partial charge in [0.25, 0.3) is 5.91 Å². The lowest BCUT2D eigenvalue weighted by Gasteiger charge is -2.34. The summed E-state index contributed by atoms with van der Waals surface area (Å²) in [4.78, 5) is 14.7. The van der Waals surface area contributed by atoms with Gasteiger partial charge in [0.2, 0.25) is 0 Å². The first-order valence-electron chi connectivity index (χ1n) is 10.5. The number of hydrogen-bond acceptors (Lipinski definition) is 4. The van der Waals surface area contributed by atoms with Crippen molar-refractivity contribution in [3.05, 3.63) is 54.1 Å². The van der Waals surface area contributed by atoms with Gasteiger partial charge >= 0.3 is 0 Å². The fourth-order valence-corrected chi connectivity index (χ4v) is 3.73. The van der Waals surface area contributed by atoms with Gasteiger partial charge in [0.05, 0.1) is 7.11 Å². The van der Waals surface area contributed by atoms with E-state index in [1.165, 1.54) is 5.69 Å². The van der Waals surface area contributed by atoms with Gasteiger partial charge in [-0.15, -0.1) is 0 Å². The summed E-state index contributed by atoms with van der Waals surface area (Å²) in [5.41, 5.74) is 2.36. The summed E-state index contributed by atoms with van der Waals surface area (Å²) in [6.07, 6.45) is 2.90. The number of hydrogen-bond donors (Lipinski definition) is 1. The molecular weight excluding hydrogens is 364 g/mol. The largest absolute Gasteiger partial charge is 0.497 e. The van der Waals surface area contributed by atoms with Crippen LogP contribution in [0.5, 0.6) is 11.5 Å². The summed E-state index contributed by atoms with van der Waals surface area (Å²) in [5, 5.41) is 3.13. The third kappa shape index (κ3) is 5.66. The van der Waals surface area contributed by atoms with Gasteiger partial charge in [0, 0.05) is 24.8 Å². The van der Waals surface area contributed by atoms with E-state index in [0.717, 1.165) is 49.4 Å². The van der Waals surface area contributed by atoms with Gasteiger partial charge < -0.3 is 19.7 Å². The lowest BCUT2D eigenvalue weighted by Crippen LogP contribution is -2.46. The Kier molecular flexibility index (Phi) is 7.39. The number of nitrogens with zero attached hydrogens (tertiary/aromatic N) is 1. The first-order chi connectivity index (χ1) is 14.1. The standard InChI is InChI=1S/C24H32N2O3/c1-4-18(2)22-7-5-6-8-23(22)29-17-24(27)25-19-13-15-26(16-14-19)20-9-11-21(28-3)12-10-20/h5-12,18-19H,4,13-17H2,1-3H3,(H,25,27). The van der Waals surface area contributed by atoms with Crippen molar-refractivity contribution in [2.24, 2.45) is 0 Å². The van der Waals surface area contributed by atoms with Crippen molar-refractivity contribution in [1.29, 1.82) is 0 Å². The second-order valence-electron chi connectivity index (χ2n) is 7.66. The zero-order valence-corrected chi connectivity index (χ0v) is 17.7. The average Bonchev–Trinajstić information content (AvgIpc) is 2.78. The Labute approximate surface area is 174 Å². The second kappa shape index (κ2) is 10.2. The van der Waals surface area contributed by atoms with Crippen molar-refractivity contribution >= 4 is 11.6 Å². The molecule has 1 saturated heterocycles. The first-order valence-corrected chi connectivity index (χ1v) is 10.5. The topological polar surface area (TPSA) is 50.8 Å². The summed E-state index contributed by atoms with van der Waals surface area (Å²) < 4.78 is 11.1. The van der Waals surface area contributed by atoms with Crippen molar-refractivity contribution in [3.8, 4) is 11.5 Å². The maximum atomic E-state index is 12.4. The van der Waals surface area contributed by atoms with E-state index in [4.69, 9.17) is 9.47 Å². The molecule has 1 aliphatic rings. The minimum absolute atomic E-state index is 0.0492. The normalized spacial score (nSPS) is 15.6. The first kappa shape index (κ1) is 21.0. The quantitative estimate of drug-likeness (QED) is 0.720. The Hall–Kier alpha value is -2.69. The van der Waals surface area contributed by atoms with Gasteiger partial charge in [-0.1, -0.05) is 32.0 Å². The maximum Gasteiger partial charge on any atom is 0.258 e. The molecule has 156 valence electrons. The highest BCUT2D eigenvalue weighted by Crippen LogP contribution is 2.28. The van der Waals surface area contributed by atoms with Gasteiger partial charge in [-0.25, -0.2) is 0 Å². The average molecular weight is 397 g/mol. The molecule has 1 atom stereocenters. The van der Waals surface area contributed by atoms with Crippen molar-refractivity contribution in [1.82, 2.24) is 5.32 Å². The number of amides is 1. The number of para-hydroxylation sites is 1. The zero-order chi connectivity index (χ0) is 20.6. The summed E-state index contributed by atoms with van der Waals surface area (Å²) in [6.45, 7) is 6.25. The van der Waals surface area contributed by atoms with Crippen LogP contribution in [0.25, 0.3) is 0 Å². The Morgan fingerprint density at radius 1 is 1.14 bits per heavy atom. The number of methoxy groups -OCH3 is 1. The van der Waals surface area contributed by atoms with Crippen LogP contribution >= 0.6 is 0 Å². The van der Waals surface area contributed by atoms with Gasteiger partial charge in [0.15, 0.2) is 6.61 Å². The van der Waals surface area contributed by atoms with Crippen molar-refractivity contribution < 1.29 is 14.3 Å². The Bertz CT molecular complexity index is 783. The number of nitrogens with one attached hydrogen (secondary N) is 1. The predicted octanol–water partition coefficient (Wildman–Crippen LogP) is 4.37. The van der Waals surface area contributed by atoms with Crippen LogP contribution in [-0.2, 0) is 4.79 Å². The second-order valence-corrected chi connectivity index (χ2v) is 7.66. The Morgan fingerprint density at radius 2 is 1.83 bits per heavy atom. The number of carbonyl (C=O) groups is 1. The zero-order valence-electron chi connectivity index (χ0n) is 17.7. The molecule has 5 nitrogen and oxygen atoms in total. The summed E-state index contributed by atoms with van der Waals surface area (Å²) in [6, 6.07) is 16.3. The van der Waals surface area contributed by atoms with Gasteiger partial charge in [0.1, 0.15) is 11.5 Å². The van der Waals surface area contributed by atoms with Gasteiger partial charge in [-0.2, -0.15) is 0 Å². The van der Waals surface area contributed by atoms with Gasteiger partial charge in [-0.05, 0) is 61.1 Å². The SMILES string of the molecule is CCC(C)c1ccccc1OCC(=O)NC1CCN(c2ccc(OC)cc2)CC1. The molecule has 3 rings (SSSR count). The fourth-order valence-electron chi connectivity index (χ4n) is 3.73. The molecule has 5 heteroatoms. The molecule has 1 amide bonds. The number of piperidine rings is 1. The fraction of sp³-hybridized carbons (Fsp3) is 0.458. The van der Waals surface area contributed by atoms with Crippen LogP contribution < -0.4 is 19.7 Å². The highest BCUT2D eigenvalue weighted by atomic mass is 16.5. The van der Waals surface area contributed by atoms with Crippen LogP contribution in [-0.4, -0.2) is 38.8 Å². The third-order valence-corrected chi connectivity index (χ3v) is 5.72. The number of ether oxygens (including phenoxy) is 2. The molecule has 29 heavy (non-hydrogen) atoms. The molecule has 0 saturated carbocycles. The lowest BCUT2D eigenvalue weighted by atomic mass is 9.98. The highest BCUT2D eigenvalue weighted by molar-refractivity contribution is 5.78. The number of anilines is 1. The molecule has 1 heterocycles. The Balaban J connectivity index is 1.45. The van der Waals surface area contributed by atoms with E-state index in [2.05, 4.69) is 42.3 Å². The minimum atomic E-state index is -0.0492. The summed E-state index contributed by atoms with van der Waals surface area (Å²) in [7, 11) is 1.68. The van der Waals surface area contributed by atoms with Gasteiger partial charge in [-0.3, -0.25) is 4.79 Å². The highest BCUT2D eigenvalue weighted by Gasteiger charge is 2.21. The summed E-state index contributed by atoms with van der Waals surface area (Å²) >= 11 is 0. The van der Waals surface area contributed by atoms with E-state index in [0.29, 0.717) is 5.92 Å². The molecule has 1 unspecified atom stereocenters. The van der Waals surface area contributed by atoms with E-state index in [9.17, 15) is 4.79 Å². The van der Waals surface area contributed by atoms with E-state index in [1.807, 2.05) is 30.3 Å².